The van der Waals surface area contributed by atoms with Gasteiger partial charge in [0.25, 0.3) is 0 Å². The summed E-state index contributed by atoms with van der Waals surface area (Å²) in [6.07, 6.45) is 0. The third-order valence-electron chi connectivity index (χ3n) is 3.00. The fourth-order valence-electron chi connectivity index (χ4n) is 1.86. The Morgan fingerprint density at radius 3 is 2.57 bits per heavy atom. The van der Waals surface area contributed by atoms with Crippen LogP contribution in [-0.4, -0.2) is 25.1 Å². The van der Waals surface area contributed by atoms with E-state index in [-0.39, 0.29) is 6.03 Å². The van der Waals surface area contributed by atoms with E-state index < -0.39 is 0 Å². The van der Waals surface area contributed by atoms with Gasteiger partial charge in [0.2, 0.25) is 0 Å². The molecule has 1 N–H and O–H groups in total. The number of carbonyl (C=O) groups excluding carboxylic acids is 1. The Morgan fingerprint density at radius 2 is 1.95 bits per heavy atom. The number of anilines is 1. The van der Waals surface area contributed by atoms with Crippen molar-refractivity contribution in [3.63, 3.8) is 0 Å². The van der Waals surface area contributed by atoms with Crippen LogP contribution in [0.15, 0.2) is 48.5 Å². The number of urea groups is 1. The van der Waals surface area contributed by atoms with Gasteiger partial charge in [-0.3, -0.25) is 0 Å². The Bertz CT molecular complexity index is 614. The first kappa shape index (κ1) is 15.2. The molecule has 0 aliphatic carbocycles. The maximum absolute atomic E-state index is 12.1. The second-order valence-electron chi connectivity index (χ2n) is 4.64. The summed E-state index contributed by atoms with van der Waals surface area (Å²) in [5, 5.41) is 3.39. The Morgan fingerprint density at radius 1 is 1.24 bits per heavy atom. The molecule has 5 heteroatoms. The smallest absolute Gasteiger partial charge is 0.321 e. The fraction of sp³-hybridized carbons (Fsp3) is 0.188. The summed E-state index contributed by atoms with van der Waals surface area (Å²) in [6.45, 7) is 0.510. The molecule has 4 nitrogen and oxygen atoms in total. The number of ether oxygens (including phenoxy) is 1. The zero-order valence-electron chi connectivity index (χ0n) is 12.0. The monoisotopic (exact) mass is 304 g/mol. The molecule has 0 bridgehead atoms. The van der Waals surface area contributed by atoms with E-state index in [4.69, 9.17) is 16.3 Å². The predicted octanol–water partition coefficient (Wildman–Crippen LogP) is 4.01. The van der Waals surface area contributed by atoms with Gasteiger partial charge in [-0.2, -0.15) is 0 Å². The van der Waals surface area contributed by atoms with E-state index in [1.807, 2.05) is 24.3 Å². The first-order chi connectivity index (χ1) is 10.1. The van der Waals surface area contributed by atoms with Crippen molar-refractivity contribution in [3.8, 4) is 5.75 Å². The molecule has 0 saturated carbocycles. The van der Waals surface area contributed by atoms with E-state index in [2.05, 4.69) is 5.32 Å². The largest absolute Gasteiger partial charge is 0.497 e. The van der Waals surface area contributed by atoms with E-state index >= 15 is 0 Å². The summed E-state index contributed by atoms with van der Waals surface area (Å²) >= 11 is 5.89. The van der Waals surface area contributed by atoms with Gasteiger partial charge >= 0.3 is 6.03 Å². The van der Waals surface area contributed by atoms with Crippen LogP contribution in [0.2, 0.25) is 5.02 Å². The van der Waals surface area contributed by atoms with Crippen LogP contribution in [0, 0.1) is 0 Å². The molecule has 0 saturated heterocycles. The number of methoxy groups -OCH3 is 1. The lowest BCUT2D eigenvalue weighted by Gasteiger charge is -2.18. The normalized spacial score (nSPS) is 10.0. The molecule has 2 rings (SSSR count). The number of halogens is 1. The summed E-state index contributed by atoms with van der Waals surface area (Å²) < 4.78 is 5.11. The standard InChI is InChI=1S/C16H17ClN2O2/c1-19(11-12-6-8-15(21-2)9-7-12)16(20)18-14-5-3-4-13(17)10-14/h3-10H,11H2,1-2H3,(H,18,20). The number of nitrogens with one attached hydrogen (secondary N) is 1. The molecule has 0 heterocycles. The van der Waals surface area contributed by atoms with Crippen LogP contribution in [0.1, 0.15) is 5.56 Å². The van der Waals surface area contributed by atoms with E-state index in [9.17, 15) is 4.79 Å². The first-order valence-electron chi connectivity index (χ1n) is 6.49. The summed E-state index contributed by atoms with van der Waals surface area (Å²) in [7, 11) is 3.36. The van der Waals surface area contributed by atoms with Crippen molar-refractivity contribution in [1.82, 2.24) is 4.90 Å². The third-order valence-corrected chi connectivity index (χ3v) is 3.24. The van der Waals surface area contributed by atoms with Crippen molar-refractivity contribution >= 4 is 23.3 Å². The minimum Gasteiger partial charge on any atom is -0.497 e. The van der Waals surface area contributed by atoms with Gasteiger partial charge in [-0.15, -0.1) is 0 Å². The Labute approximate surface area is 129 Å². The molecule has 0 fully saturated rings. The maximum Gasteiger partial charge on any atom is 0.321 e. The van der Waals surface area contributed by atoms with Crippen molar-refractivity contribution in [2.24, 2.45) is 0 Å². The van der Waals surface area contributed by atoms with Crippen molar-refractivity contribution in [3.05, 3.63) is 59.1 Å². The van der Waals surface area contributed by atoms with Crippen LogP contribution >= 0.6 is 11.6 Å². The highest BCUT2D eigenvalue weighted by molar-refractivity contribution is 6.30. The number of nitrogens with zero attached hydrogens (tertiary/aromatic N) is 1. The average molecular weight is 305 g/mol. The zero-order valence-corrected chi connectivity index (χ0v) is 12.7. The van der Waals surface area contributed by atoms with Crippen molar-refractivity contribution < 1.29 is 9.53 Å². The molecule has 0 radical (unpaired) electrons. The topological polar surface area (TPSA) is 41.6 Å². The second kappa shape index (κ2) is 6.99. The van der Waals surface area contributed by atoms with Crippen LogP contribution in [-0.2, 0) is 6.54 Å². The molecule has 0 spiro atoms. The van der Waals surface area contributed by atoms with E-state index in [0.29, 0.717) is 17.3 Å². The highest BCUT2D eigenvalue weighted by Gasteiger charge is 2.09. The van der Waals surface area contributed by atoms with Crippen LogP contribution in [0.3, 0.4) is 0 Å². The van der Waals surface area contributed by atoms with Crippen molar-refractivity contribution in [2.45, 2.75) is 6.54 Å². The molecular formula is C16H17ClN2O2. The predicted molar refractivity (Wildman–Crippen MR) is 84.9 cm³/mol. The molecule has 0 aromatic heterocycles. The molecule has 21 heavy (non-hydrogen) atoms. The minimum atomic E-state index is -0.187. The molecule has 0 aliphatic heterocycles. The molecule has 110 valence electrons. The molecular weight excluding hydrogens is 288 g/mol. The van der Waals surface area contributed by atoms with Gasteiger partial charge in [-0.05, 0) is 35.9 Å². The van der Waals surface area contributed by atoms with Gasteiger partial charge in [0.1, 0.15) is 5.75 Å². The SMILES string of the molecule is COc1ccc(CN(C)C(=O)Nc2cccc(Cl)c2)cc1. The number of carbonyl (C=O) groups is 1. The molecule has 2 amide bonds. The maximum atomic E-state index is 12.1. The molecule has 0 atom stereocenters. The first-order valence-corrected chi connectivity index (χ1v) is 6.87. The zero-order chi connectivity index (χ0) is 15.2. The Hall–Kier alpha value is -2.20. The van der Waals surface area contributed by atoms with Gasteiger partial charge in [0.05, 0.1) is 7.11 Å². The van der Waals surface area contributed by atoms with E-state index in [1.54, 1.807) is 43.3 Å². The van der Waals surface area contributed by atoms with Gasteiger partial charge in [0.15, 0.2) is 0 Å². The lowest BCUT2D eigenvalue weighted by Crippen LogP contribution is -2.30. The minimum absolute atomic E-state index is 0.187. The van der Waals surface area contributed by atoms with Crippen LogP contribution in [0.5, 0.6) is 5.75 Å². The summed E-state index contributed by atoms with van der Waals surface area (Å²) in [5.74, 6) is 0.796. The Balaban J connectivity index is 1.95. The fourth-order valence-corrected chi connectivity index (χ4v) is 2.05. The quantitative estimate of drug-likeness (QED) is 0.927. The molecule has 0 unspecified atom stereocenters. The van der Waals surface area contributed by atoms with Crippen LogP contribution in [0.4, 0.5) is 10.5 Å². The summed E-state index contributed by atoms with van der Waals surface area (Å²) in [6, 6.07) is 14.5. The number of amides is 2. The number of rotatable bonds is 4. The van der Waals surface area contributed by atoms with Gasteiger partial charge in [0, 0.05) is 24.3 Å². The number of hydrogen-bond acceptors (Lipinski definition) is 2. The second-order valence-corrected chi connectivity index (χ2v) is 5.08. The van der Waals surface area contributed by atoms with Gasteiger partial charge in [-0.1, -0.05) is 29.8 Å². The summed E-state index contributed by atoms with van der Waals surface area (Å²) in [4.78, 5) is 13.7. The highest BCUT2D eigenvalue weighted by atomic mass is 35.5. The lowest BCUT2D eigenvalue weighted by atomic mass is 10.2. The van der Waals surface area contributed by atoms with Gasteiger partial charge in [-0.25, -0.2) is 4.79 Å². The molecule has 2 aromatic carbocycles. The van der Waals surface area contributed by atoms with Crippen LogP contribution < -0.4 is 10.1 Å². The third kappa shape index (κ3) is 4.39. The van der Waals surface area contributed by atoms with Crippen molar-refractivity contribution in [2.75, 3.05) is 19.5 Å². The van der Waals surface area contributed by atoms with E-state index in [0.717, 1.165) is 11.3 Å². The van der Waals surface area contributed by atoms with Gasteiger partial charge < -0.3 is 15.0 Å². The van der Waals surface area contributed by atoms with Crippen LogP contribution in [0.25, 0.3) is 0 Å². The lowest BCUT2D eigenvalue weighted by molar-refractivity contribution is 0.220. The Kier molecular flexibility index (Phi) is 5.06. The van der Waals surface area contributed by atoms with E-state index in [1.165, 1.54) is 0 Å². The highest BCUT2D eigenvalue weighted by Crippen LogP contribution is 2.16. The molecule has 0 aliphatic rings. The van der Waals surface area contributed by atoms with Crippen molar-refractivity contribution in [1.29, 1.82) is 0 Å². The summed E-state index contributed by atoms with van der Waals surface area (Å²) in [5.41, 5.74) is 1.70. The number of hydrogen-bond donors (Lipinski definition) is 1. The number of benzene rings is 2. The average Bonchev–Trinajstić information content (AvgIpc) is 2.48. The molecule has 2 aromatic rings.